The number of hydrogen-bond donors (Lipinski definition) is 0. The summed E-state index contributed by atoms with van der Waals surface area (Å²) in [6.45, 7) is 3.10. The van der Waals surface area contributed by atoms with Crippen LogP contribution >= 0.6 is 11.6 Å². The van der Waals surface area contributed by atoms with Crippen molar-refractivity contribution in [2.75, 3.05) is 13.7 Å². The molecule has 10 heavy (non-hydrogen) atoms. The predicted octanol–water partition coefficient (Wildman–Crippen LogP) is 2.29. The van der Waals surface area contributed by atoms with Crippen molar-refractivity contribution in [2.45, 2.75) is 25.1 Å². The summed E-state index contributed by atoms with van der Waals surface area (Å²) in [6.07, 6.45) is 2.40. The first-order valence-electron chi connectivity index (χ1n) is 3.88. The molecule has 0 spiro atoms. The van der Waals surface area contributed by atoms with Gasteiger partial charge in [0.25, 0.3) is 0 Å². The summed E-state index contributed by atoms with van der Waals surface area (Å²) in [5, 5.41) is 0.389. The van der Waals surface area contributed by atoms with E-state index in [4.69, 9.17) is 16.3 Å². The summed E-state index contributed by atoms with van der Waals surface area (Å²) < 4.78 is 5.09. The Kier molecular flexibility index (Phi) is 2.99. The molecule has 1 aliphatic rings. The van der Waals surface area contributed by atoms with Crippen molar-refractivity contribution in [1.29, 1.82) is 0 Å². The molecule has 1 fully saturated rings. The SMILES string of the molecule is COCC1CCC(Cl)C1C. The van der Waals surface area contributed by atoms with Crippen LogP contribution in [-0.4, -0.2) is 19.1 Å². The average Bonchev–Trinajstić information content (AvgIpc) is 2.20. The molecule has 3 atom stereocenters. The standard InChI is InChI=1S/C8H15ClO/c1-6-7(5-10-2)3-4-8(6)9/h6-8H,3-5H2,1-2H3. The molecule has 0 aromatic carbocycles. The van der Waals surface area contributed by atoms with Crippen molar-refractivity contribution in [3.05, 3.63) is 0 Å². The topological polar surface area (TPSA) is 9.23 Å². The molecular weight excluding hydrogens is 148 g/mol. The number of halogens is 1. The van der Waals surface area contributed by atoms with Gasteiger partial charge in [0.15, 0.2) is 0 Å². The fraction of sp³-hybridized carbons (Fsp3) is 1.00. The average molecular weight is 163 g/mol. The number of methoxy groups -OCH3 is 1. The van der Waals surface area contributed by atoms with Gasteiger partial charge in [0.05, 0.1) is 0 Å². The van der Waals surface area contributed by atoms with E-state index in [1.54, 1.807) is 7.11 Å². The Bertz CT molecular complexity index is 103. The van der Waals surface area contributed by atoms with Crippen LogP contribution in [0.3, 0.4) is 0 Å². The van der Waals surface area contributed by atoms with Gasteiger partial charge in [-0.3, -0.25) is 0 Å². The Morgan fingerprint density at radius 1 is 1.50 bits per heavy atom. The molecule has 1 nitrogen and oxygen atoms in total. The second-order valence-electron chi connectivity index (χ2n) is 3.17. The minimum absolute atomic E-state index is 0.389. The van der Waals surface area contributed by atoms with E-state index in [1.807, 2.05) is 0 Å². The van der Waals surface area contributed by atoms with Crippen LogP contribution in [0.5, 0.6) is 0 Å². The van der Waals surface area contributed by atoms with Crippen molar-refractivity contribution in [2.24, 2.45) is 11.8 Å². The van der Waals surface area contributed by atoms with Crippen LogP contribution in [0.4, 0.5) is 0 Å². The highest BCUT2D eigenvalue weighted by molar-refractivity contribution is 6.20. The summed E-state index contributed by atoms with van der Waals surface area (Å²) >= 11 is 6.04. The van der Waals surface area contributed by atoms with Crippen LogP contribution < -0.4 is 0 Å². The van der Waals surface area contributed by atoms with Crippen LogP contribution in [-0.2, 0) is 4.74 Å². The Balaban J connectivity index is 2.33. The van der Waals surface area contributed by atoms with E-state index in [9.17, 15) is 0 Å². The molecule has 0 saturated heterocycles. The first-order valence-corrected chi connectivity index (χ1v) is 4.32. The van der Waals surface area contributed by atoms with Crippen molar-refractivity contribution in [1.82, 2.24) is 0 Å². The highest BCUT2D eigenvalue weighted by atomic mass is 35.5. The number of ether oxygens (including phenoxy) is 1. The van der Waals surface area contributed by atoms with Crippen LogP contribution in [0.1, 0.15) is 19.8 Å². The van der Waals surface area contributed by atoms with E-state index in [0.29, 0.717) is 17.2 Å². The van der Waals surface area contributed by atoms with Crippen molar-refractivity contribution < 1.29 is 4.74 Å². The highest BCUT2D eigenvalue weighted by Crippen LogP contribution is 2.35. The number of rotatable bonds is 2. The van der Waals surface area contributed by atoms with E-state index < -0.39 is 0 Å². The molecule has 0 N–H and O–H groups in total. The van der Waals surface area contributed by atoms with E-state index in [1.165, 1.54) is 6.42 Å². The van der Waals surface area contributed by atoms with Gasteiger partial charge in [-0.1, -0.05) is 6.92 Å². The van der Waals surface area contributed by atoms with Crippen LogP contribution in [0.25, 0.3) is 0 Å². The molecule has 2 heteroatoms. The Hall–Kier alpha value is 0.250. The zero-order valence-electron chi connectivity index (χ0n) is 6.64. The van der Waals surface area contributed by atoms with Crippen LogP contribution in [0, 0.1) is 11.8 Å². The molecule has 0 aromatic rings. The molecule has 1 rings (SSSR count). The molecule has 0 bridgehead atoms. The van der Waals surface area contributed by atoms with E-state index >= 15 is 0 Å². The second-order valence-corrected chi connectivity index (χ2v) is 3.73. The molecule has 60 valence electrons. The van der Waals surface area contributed by atoms with E-state index in [0.717, 1.165) is 13.0 Å². The lowest BCUT2D eigenvalue weighted by Crippen LogP contribution is -2.15. The molecule has 0 radical (unpaired) electrons. The molecule has 0 aromatic heterocycles. The highest BCUT2D eigenvalue weighted by Gasteiger charge is 2.30. The Morgan fingerprint density at radius 3 is 2.60 bits per heavy atom. The maximum Gasteiger partial charge on any atom is 0.0493 e. The normalized spacial score (nSPS) is 40.5. The summed E-state index contributed by atoms with van der Waals surface area (Å²) in [5.74, 6) is 1.34. The van der Waals surface area contributed by atoms with Gasteiger partial charge in [-0.05, 0) is 24.7 Å². The molecule has 0 amide bonds. The third-order valence-corrected chi connectivity index (χ3v) is 3.12. The van der Waals surface area contributed by atoms with Gasteiger partial charge in [-0.25, -0.2) is 0 Å². The molecular formula is C8H15ClO. The third-order valence-electron chi connectivity index (χ3n) is 2.51. The van der Waals surface area contributed by atoms with Gasteiger partial charge in [-0.2, -0.15) is 0 Å². The Morgan fingerprint density at radius 2 is 2.20 bits per heavy atom. The largest absolute Gasteiger partial charge is 0.384 e. The lowest BCUT2D eigenvalue weighted by molar-refractivity contribution is 0.137. The van der Waals surface area contributed by atoms with E-state index in [-0.39, 0.29) is 0 Å². The molecule has 1 aliphatic carbocycles. The number of hydrogen-bond acceptors (Lipinski definition) is 1. The van der Waals surface area contributed by atoms with Crippen molar-refractivity contribution in [3.63, 3.8) is 0 Å². The maximum absolute atomic E-state index is 6.04. The minimum atomic E-state index is 0.389. The first-order chi connectivity index (χ1) is 4.75. The lowest BCUT2D eigenvalue weighted by atomic mass is 9.99. The smallest absolute Gasteiger partial charge is 0.0493 e. The van der Waals surface area contributed by atoms with Gasteiger partial charge in [0.1, 0.15) is 0 Å². The maximum atomic E-state index is 6.04. The molecule has 0 aliphatic heterocycles. The monoisotopic (exact) mass is 162 g/mol. The fourth-order valence-corrected chi connectivity index (χ4v) is 1.98. The van der Waals surface area contributed by atoms with Crippen molar-refractivity contribution in [3.8, 4) is 0 Å². The van der Waals surface area contributed by atoms with Crippen LogP contribution in [0.15, 0.2) is 0 Å². The van der Waals surface area contributed by atoms with Crippen LogP contribution in [0.2, 0.25) is 0 Å². The van der Waals surface area contributed by atoms with Gasteiger partial charge < -0.3 is 4.74 Å². The lowest BCUT2D eigenvalue weighted by Gasteiger charge is -2.15. The third kappa shape index (κ3) is 1.64. The zero-order chi connectivity index (χ0) is 7.56. The fourth-order valence-electron chi connectivity index (χ4n) is 1.64. The zero-order valence-corrected chi connectivity index (χ0v) is 7.40. The summed E-state index contributed by atoms with van der Waals surface area (Å²) in [7, 11) is 1.76. The second kappa shape index (κ2) is 3.59. The summed E-state index contributed by atoms with van der Waals surface area (Å²) in [4.78, 5) is 0. The summed E-state index contributed by atoms with van der Waals surface area (Å²) in [5.41, 5.74) is 0. The Labute approximate surface area is 67.7 Å². The summed E-state index contributed by atoms with van der Waals surface area (Å²) in [6, 6.07) is 0. The minimum Gasteiger partial charge on any atom is -0.384 e. The van der Waals surface area contributed by atoms with Crippen molar-refractivity contribution >= 4 is 11.6 Å². The van der Waals surface area contributed by atoms with Gasteiger partial charge in [-0.15, -0.1) is 11.6 Å². The van der Waals surface area contributed by atoms with Gasteiger partial charge >= 0.3 is 0 Å². The van der Waals surface area contributed by atoms with Gasteiger partial charge in [0, 0.05) is 19.1 Å². The molecule has 1 saturated carbocycles. The molecule has 3 unspecified atom stereocenters. The van der Waals surface area contributed by atoms with Gasteiger partial charge in [0.2, 0.25) is 0 Å². The number of alkyl halides is 1. The predicted molar refractivity (Wildman–Crippen MR) is 43.4 cm³/mol. The molecule has 0 heterocycles. The van der Waals surface area contributed by atoms with E-state index in [2.05, 4.69) is 6.92 Å². The quantitative estimate of drug-likeness (QED) is 0.567. The first kappa shape index (κ1) is 8.35.